The minimum absolute atomic E-state index is 0.0241. The highest BCUT2D eigenvalue weighted by molar-refractivity contribution is 5.78. The van der Waals surface area contributed by atoms with Crippen molar-refractivity contribution in [3.8, 4) is 0 Å². The van der Waals surface area contributed by atoms with Crippen LogP contribution < -0.4 is 5.73 Å². The summed E-state index contributed by atoms with van der Waals surface area (Å²) in [6.07, 6.45) is -4.22. The standard InChI is InChI=1S/C17H23F3N2O/c1-16(2,12-6-4-3-5-7-12)10-15(23)22-11-13(21)8-9-14(22)17(18,19)20/h3-7,13-14H,8-11,21H2,1-2H3. The molecule has 1 amide bonds. The van der Waals surface area contributed by atoms with E-state index in [0.29, 0.717) is 0 Å². The van der Waals surface area contributed by atoms with E-state index in [-0.39, 0.29) is 25.8 Å². The van der Waals surface area contributed by atoms with Crippen molar-refractivity contribution in [2.45, 2.75) is 56.8 Å². The first-order chi connectivity index (χ1) is 10.6. The Balaban J connectivity index is 2.17. The van der Waals surface area contributed by atoms with Crippen molar-refractivity contribution in [2.24, 2.45) is 5.73 Å². The van der Waals surface area contributed by atoms with Crippen LogP contribution in [0.5, 0.6) is 0 Å². The third-order valence-corrected chi connectivity index (χ3v) is 4.46. The molecule has 0 saturated carbocycles. The van der Waals surface area contributed by atoms with Crippen LogP contribution in [0.3, 0.4) is 0 Å². The molecule has 2 rings (SSSR count). The molecule has 3 nitrogen and oxygen atoms in total. The summed E-state index contributed by atoms with van der Waals surface area (Å²) in [5.74, 6) is -0.490. The van der Waals surface area contributed by atoms with Gasteiger partial charge in [0.1, 0.15) is 6.04 Å². The second-order valence-electron chi connectivity index (χ2n) is 6.87. The van der Waals surface area contributed by atoms with Gasteiger partial charge in [-0.3, -0.25) is 4.79 Å². The Hall–Kier alpha value is -1.56. The van der Waals surface area contributed by atoms with Gasteiger partial charge in [0.25, 0.3) is 0 Å². The fourth-order valence-corrected chi connectivity index (χ4v) is 3.09. The van der Waals surface area contributed by atoms with Gasteiger partial charge in [0.05, 0.1) is 0 Å². The second-order valence-corrected chi connectivity index (χ2v) is 6.87. The maximum absolute atomic E-state index is 13.2. The molecule has 6 heteroatoms. The monoisotopic (exact) mass is 328 g/mol. The van der Waals surface area contributed by atoms with Crippen LogP contribution in [0.2, 0.25) is 0 Å². The molecule has 23 heavy (non-hydrogen) atoms. The summed E-state index contributed by atoms with van der Waals surface area (Å²) < 4.78 is 39.6. The van der Waals surface area contributed by atoms with Gasteiger partial charge in [0.2, 0.25) is 5.91 Å². The largest absolute Gasteiger partial charge is 0.408 e. The Morgan fingerprint density at radius 3 is 2.39 bits per heavy atom. The Bertz CT molecular complexity index is 543. The van der Waals surface area contributed by atoms with E-state index >= 15 is 0 Å². The van der Waals surface area contributed by atoms with Gasteiger partial charge in [-0.2, -0.15) is 13.2 Å². The number of hydrogen-bond donors (Lipinski definition) is 1. The van der Waals surface area contributed by atoms with Gasteiger partial charge in [0, 0.05) is 19.0 Å². The first kappa shape index (κ1) is 17.8. The number of nitrogens with zero attached hydrogens (tertiary/aromatic N) is 1. The minimum atomic E-state index is -4.41. The van der Waals surface area contributed by atoms with Crippen LogP contribution in [0, 0.1) is 0 Å². The molecule has 1 aromatic rings. The summed E-state index contributed by atoms with van der Waals surface area (Å²) in [7, 11) is 0. The maximum atomic E-state index is 13.2. The maximum Gasteiger partial charge on any atom is 0.408 e. The fraction of sp³-hybridized carbons (Fsp3) is 0.588. The lowest BCUT2D eigenvalue weighted by molar-refractivity contribution is -0.197. The lowest BCUT2D eigenvalue weighted by Crippen LogP contribution is -2.57. The number of rotatable bonds is 3. The molecule has 0 aromatic heterocycles. The van der Waals surface area contributed by atoms with E-state index in [1.807, 2.05) is 44.2 Å². The zero-order valence-corrected chi connectivity index (χ0v) is 13.4. The number of benzene rings is 1. The zero-order valence-electron chi connectivity index (χ0n) is 13.4. The molecule has 0 aliphatic carbocycles. The van der Waals surface area contributed by atoms with Crippen LogP contribution in [0.1, 0.15) is 38.7 Å². The number of alkyl halides is 3. The molecular weight excluding hydrogens is 305 g/mol. The molecule has 1 aliphatic rings. The molecule has 2 unspecified atom stereocenters. The predicted molar refractivity (Wildman–Crippen MR) is 82.9 cm³/mol. The molecule has 128 valence electrons. The van der Waals surface area contributed by atoms with Crippen LogP contribution in [0.4, 0.5) is 13.2 Å². The Morgan fingerprint density at radius 1 is 1.22 bits per heavy atom. The van der Waals surface area contributed by atoms with Crippen molar-refractivity contribution in [1.82, 2.24) is 4.90 Å². The summed E-state index contributed by atoms with van der Waals surface area (Å²) >= 11 is 0. The van der Waals surface area contributed by atoms with Crippen molar-refractivity contribution in [2.75, 3.05) is 6.54 Å². The van der Waals surface area contributed by atoms with Crippen molar-refractivity contribution in [1.29, 1.82) is 0 Å². The molecule has 1 heterocycles. The SMILES string of the molecule is CC(C)(CC(=O)N1CC(N)CCC1C(F)(F)F)c1ccccc1. The lowest BCUT2D eigenvalue weighted by Gasteiger charge is -2.40. The fourth-order valence-electron chi connectivity index (χ4n) is 3.09. The molecule has 1 aromatic carbocycles. The summed E-state index contributed by atoms with van der Waals surface area (Å²) in [5.41, 5.74) is 6.18. The highest BCUT2D eigenvalue weighted by Crippen LogP contribution is 2.34. The number of carbonyl (C=O) groups excluding carboxylic acids is 1. The molecule has 0 radical (unpaired) electrons. The quantitative estimate of drug-likeness (QED) is 0.926. The molecule has 0 spiro atoms. The van der Waals surface area contributed by atoms with E-state index < -0.39 is 29.6 Å². The summed E-state index contributed by atoms with van der Waals surface area (Å²) in [4.78, 5) is 13.5. The number of amides is 1. The van der Waals surface area contributed by atoms with Crippen molar-refractivity contribution < 1.29 is 18.0 Å². The molecule has 1 saturated heterocycles. The van der Waals surface area contributed by atoms with Gasteiger partial charge < -0.3 is 10.6 Å². The topological polar surface area (TPSA) is 46.3 Å². The third kappa shape index (κ3) is 4.25. The number of hydrogen-bond acceptors (Lipinski definition) is 2. The van der Waals surface area contributed by atoms with Crippen LogP contribution in [0.15, 0.2) is 30.3 Å². The van der Waals surface area contributed by atoms with Gasteiger partial charge in [0.15, 0.2) is 0 Å². The number of piperidine rings is 1. The van der Waals surface area contributed by atoms with Gasteiger partial charge in [-0.15, -0.1) is 0 Å². The summed E-state index contributed by atoms with van der Waals surface area (Å²) in [6, 6.07) is 7.24. The highest BCUT2D eigenvalue weighted by Gasteiger charge is 2.48. The normalized spacial score (nSPS) is 23.0. The van der Waals surface area contributed by atoms with E-state index in [1.54, 1.807) is 0 Å². The smallest absolute Gasteiger partial charge is 0.329 e. The zero-order chi connectivity index (χ0) is 17.3. The van der Waals surface area contributed by atoms with E-state index in [1.165, 1.54) is 0 Å². The van der Waals surface area contributed by atoms with Gasteiger partial charge in [-0.05, 0) is 23.8 Å². The van der Waals surface area contributed by atoms with Crippen LogP contribution in [-0.2, 0) is 10.2 Å². The van der Waals surface area contributed by atoms with Crippen molar-refractivity contribution >= 4 is 5.91 Å². The predicted octanol–water partition coefficient (Wildman–Crippen LogP) is 3.23. The molecule has 2 N–H and O–H groups in total. The summed E-state index contributed by atoms with van der Waals surface area (Å²) in [5, 5.41) is 0. The number of likely N-dealkylation sites (tertiary alicyclic amines) is 1. The van der Waals surface area contributed by atoms with E-state index in [0.717, 1.165) is 10.5 Å². The Kier molecular flexibility index (Phi) is 5.04. The van der Waals surface area contributed by atoms with E-state index in [2.05, 4.69) is 0 Å². The average Bonchev–Trinajstić information content (AvgIpc) is 2.46. The van der Waals surface area contributed by atoms with Gasteiger partial charge >= 0.3 is 6.18 Å². The molecule has 2 atom stereocenters. The van der Waals surface area contributed by atoms with Crippen LogP contribution >= 0.6 is 0 Å². The average molecular weight is 328 g/mol. The number of carbonyl (C=O) groups is 1. The Labute approximate surface area is 134 Å². The summed E-state index contributed by atoms with van der Waals surface area (Å²) in [6.45, 7) is 3.70. The van der Waals surface area contributed by atoms with Gasteiger partial charge in [-0.25, -0.2) is 0 Å². The minimum Gasteiger partial charge on any atom is -0.329 e. The highest BCUT2D eigenvalue weighted by atomic mass is 19.4. The third-order valence-electron chi connectivity index (χ3n) is 4.46. The van der Waals surface area contributed by atoms with Gasteiger partial charge in [-0.1, -0.05) is 44.2 Å². The number of halogens is 3. The lowest BCUT2D eigenvalue weighted by atomic mass is 9.80. The van der Waals surface area contributed by atoms with Crippen molar-refractivity contribution in [3.63, 3.8) is 0 Å². The molecule has 1 aliphatic heterocycles. The first-order valence-corrected chi connectivity index (χ1v) is 7.78. The van der Waals surface area contributed by atoms with Crippen molar-refractivity contribution in [3.05, 3.63) is 35.9 Å². The molecular formula is C17H23F3N2O. The van der Waals surface area contributed by atoms with Crippen LogP contribution in [-0.4, -0.2) is 35.6 Å². The molecule has 1 fully saturated rings. The first-order valence-electron chi connectivity index (χ1n) is 7.78. The second kappa shape index (κ2) is 6.51. The van der Waals surface area contributed by atoms with E-state index in [9.17, 15) is 18.0 Å². The Morgan fingerprint density at radius 2 is 1.83 bits per heavy atom. The van der Waals surface area contributed by atoms with E-state index in [4.69, 9.17) is 5.73 Å². The number of nitrogens with two attached hydrogens (primary N) is 1. The molecule has 0 bridgehead atoms. The van der Waals surface area contributed by atoms with Crippen LogP contribution in [0.25, 0.3) is 0 Å².